The average Bonchev–Trinajstić information content (AvgIpc) is 3.03. The molecule has 47 heavy (non-hydrogen) atoms. The maximum Gasteiger partial charge on any atom is 0.416 e. The van der Waals surface area contributed by atoms with Gasteiger partial charge in [0.2, 0.25) is 0 Å². The van der Waals surface area contributed by atoms with E-state index in [-0.39, 0.29) is 48.2 Å². The van der Waals surface area contributed by atoms with Gasteiger partial charge in [0, 0.05) is 18.7 Å². The van der Waals surface area contributed by atoms with Gasteiger partial charge < -0.3 is 20.1 Å². The number of anilines is 1. The number of carbonyl (C=O) groups excluding carboxylic acids is 1. The summed E-state index contributed by atoms with van der Waals surface area (Å²) in [4.78, 5) is 24.9. The quantitative estimate of drug-likeness (QED) is 0.215. The number of rotatable bonds is 7. The van der Waals surface area contributed by atoms with Gasteiger partial charge in [-0.1, -0.05) is 35.9 Å². The van der Waals surface area contributed by atoms with Crippen LogP contribution in [0.1, 0.15) is 36.5 Å². The van der Waals surface area contributed by atoms with E-state index in [2.05, 4.69) is 5.32 Å². The number of carbonyl (C=O) groups is 2. The molecule has 250 valence electrons. The van der Waals surface area contributed by atoms with Crippen LogP contribution in [0.2, 0.25) is 5.02 Å². The third kappa shape index (κ3) is 7.49. The van der Waals surface area contributed by atoms with Gasteiger partial charge in [-0.25, -0.2) is 17.6 Å². The monoisotopic (exact) mass is 695 g/mol. The Morgan fingerprint density at radius 3 is 2.45 bits per heavy atom. The van der Waals surface area contributed by atoms with Gasteiger partial charge in [-0.05, 0) is 73.4 Å². The van der Waals surface area contributed by atoms with Crippen LogP contribution in [0.5, 0.6) is 5.75 Å². The number of nitrogens with one attached hydrogen (secondary N) is 1. The van der Waals surface area contributed by atoms with Gasteiger partial charge in [-0.15, -0.1) is 0 Å². The van der Waals surface area contributed by atoms with Crippen LogP contribution in [0, 0.1) is 11.7 Å². The minimum absolute atomic E-state index is 0.0295. The summed E-state index contributed by atoms with van der Waals surface area (Å²) in [6, 6.07) is 11.7. The molecule has 0 spiro atoms. The van der Waals surface area contributed by atoms with Crippen molar-refractivity contribution in [2.45, 2.75) is 36.9 Å². The SMILES string of the molecule is C/C(=C\c1ccc2c(c1)N(S(=O)(=O)c1cccc(C(F)(F)F)c1)CC(CNC(=O)N1CCC(C(=O)O)CC1)O2)c1c(F)cccc1Cl. The summed E-state index contributed by atoms with van der Waals surface area (Å²) in [5.74, 6) is -1.94. The van der Waals surface area contributed by atoms with Crippen LogP contribution >= 0.6 is 11.6 Å². The zero-order chi connectivity index (χ0) is 34.1. The molecule has 5 rings (SSSR count). The molecule has 1 atom stereocenters. The first-order valence-corrected chi connectivity index (χ1v) is 16.4. The first-order valence-electron chi connectivity index (χ1n) is 14.5. The molecule has 3 aromatic carbocycles. The molecule has 1 saturated heterocycles. The van der Waals surface area contributed by atoms with Crippen molar-refractivity contribution in [2.75, 3.05) is 30.5 Å². The Morgan fingerprint density at radius 2 is 1.79 bits per heavy atom. The molecule has 1 fully saturated rings. The van der Waals surface area contributed by atoms with E-state index in [1.807, 2.05) is 0 Å². The molecule has 2 aliphatic rings. The topological polar surface area (TPSA) is 116 Å². The van der Waals surface area contributed by atoms with Crippen molar-refractivity contribution in [3.63, 3.8) is 0 Å². The number of sulfonamides is 1. The summed E-state index contributed by atoms with van der Waals surface area (Å²) in [5.41, 5.74) is -0.0898. The molecular formula is C32H30ClF4N3O6S. The fraction of sp³-hybridized carbons (Fsp3) is 0.312. The Labute approximate surface area is 273 Å². The lowest BCUT2D eigenvalue weighted by Crippen LogP contribution is -2.51. The number of piperidine rings is 1. The van der Waals surface area contributed by atoms with E-state index in [1.54, 1.807) is 19.1 Å². The molecule has 2 N–H and O–H groups in total. The second kappa shape index (κ2) is 13.4. The molecule has 0 radical (unpaired) electrons. The number of allylic oxidation sites excluding steroid dienone is 1. The van der Waals surface area contributed by atoms with Gasteiger partial charge in [0.25, 0.3) is 10.0 Å². The molecule has 2 heterocycles. The van der Waals surface area contributed by atoms with Crippen molar-refractivity contribution in [1.82, 2.24) is 10.2 Å². The molecule has 0 aromatic heterocycles. The number of aliphatic carboxylic acids is 1. The summed E-state index contributed by atoms with van der Waals surface area (Å²) in [5, 5.41) is 12.1. The highest BCUT2D eigenvalue weighted by Crippen LogP contribution is 2.40. The van der Waals surface area contributed by atoms with Crippen molar-refractivity contribution >= 4 is 51.0 Å². The molecule has 1 unspecified atom stereocenters. The van der Waals surface area contributed by atoms with Gasteiger partial charge in [0.15, 0.2) is 0 Å². The number of nitrogens with zero attached hydrogens (tertiary/aromatic N) is 2. The summed E-state index contributed by atoms with van der Waals surface area (Å²) < 4.78 is 90.0. The molecule has 2 amide bonds. The van der Waals surface area contributed by atoms with Gasteiger partial charge >= 0.3 is 18.2 Å². The molecule has 15 heteroatoms. The second-order valence-corrected chi connectivity index (χ2v) is 13.5. The predicted molar refractivity (Wildman–Crippen MR) is 167 cm³/mol. The molecule has 0 saturated carbocycles. The number of alkyl halides is 3. The molecule has 0 aliphatic carbocycles. The largest absolute Gasteiger partial charge is 0.484 e. The van der Waals surface area contributed by atoms with E-state index in [0.717, 1.165) is 22.5 Å². The molecule has 9 nitrogen and oxygen atoms in total. The van der Waals surface area contributed by atoms with E-state index >= 15 is 0 Å². The number of hydrogen-bond acceptors (Lipinski definition) is 5. The number of likely N-dealkylation sites (tertiary alicyclic amines) is 1. The van der Waals surface area contributed by atoms with Crippen molar-refractivity contribution in [1.29, 1.82) is 0 Å². The van der Waals surface area contributed by atoms with Crippen LogP contribution in [0.15, 0.2) is 65.6 Å². The van der Waals surface area contributed by atoms with Gasteiger partial charge in [0.05, 0.1) is 40.2 Å². The third-order valence-electron chi connectivity index (χ3n) is 8.02. The van der Waals surface area contributed by atoms with E-state index in [4.69, 9.17) is 16.3 Å². The van der Waals surface area contributed by atoms with Gasteiger partial charge in [-0.3, -0.25) is 9.10 Å². The van der Waals surface area contributed by atoms with Crippen LogP contribution in [-0.2, 0) is 21.0 Å². The predicted octanol–water partition coefficient (Wildman–Crippen LogP) is 6.52. The fourth-order valence-electron chi connectivity index (χ4n) is 5.55. The Bertz CT molecular complexity index is 1810. The normalized spacial score (nSPS) is 17.6. The second-order valence-electron chi connectivity index (χ2n) is 11.2. The Kier molecular flexibility index (Phi) is 9.73. The number of urea groups is 1. The highest BCUT2D eigenvalue weighted by atomic mass is 35.5. The highest BCUT2D eigenvalue weighted by molar-refractivity contribution is 7.92. The zero-order valence-corrected chi connectivity index (χ0v) is 26.5. The van der Waals surface area contributed by atoms with Crippen molar-refractivity contribution in [3.05, 3.63) is 88.2 Å². The lowest BCUT2D eigenvalue weighted by atomic mass is 9.97. The molecule has 3 aromatic rings. The Morgan fingerprint density at radius 1 is 1.09 bits per heavy atom. The third-order valence-corrected chi connectivity index (χ3v) is 10.1. The fourth-order valence-corrected chi connectivity index (χ4v) is 7.41. The minimum Gasteiger partial charge on any atom is -0.484 e. The van der Waals surface area contributed by atoms with Gasteiger partial charge in [0.1, 0.15) is 17.7 Å². The number of ether oxygens (including phenoxy) is 1. The lowest BCUT2D eigenvalue weighted by Gasteiger charge is -2.36. The maximum absolute atomic E-state index is 14.6. The number of hydrogen-bond donors (Lipinski definition) is 2. The van der Waals surface area contributed by atoms with Crippen molar-refractivity contribution < 1.29 is 45.4 Å². The van der Waals surface area contributed by atoms with E-state index in [1.165, 1.54) is 35.2 Å². The maximum atomic E-state index is 14.6. The highest BCUT2D eigenvalue weighted by Gasteiger charge is 2.37. The average molecular weight is 696 g/mol. The number of benzene rings is 3. The molecule has 0 bridgehead atoms. The Hall–Kier alpha value is -4.30. The van der Waals surface area contributed by atoms with Crippen LogP contribution in [-0.4, -0.2) is 62.7 Å². The molecule has 2 aliphatic heterocycles. The van der Waals surface area contributed by atoms with Crippen molar-refractivity contribution in [3.8, 4) is 5.75 Å². The van der Waals surface area contributed by atoms with Crippen molar-refractivity contribution in [2.24, 2.45) is 5.92 Å². The van der Waals surface area contributed by atoms with Crippen LogP contribution < -0.4 is 14.4 Å². The van der Waals surface area contributed by atoms with Crippen LogP contribution in [0.25, 0.3) is 11.6 Å². The zero-order valence-electron chi connectivity index (χ0n) is 24.9. The molecular weight excluding hydrogens is 666 g/mol. The Balaban J connectivity index is 1.46. The number of amides is 2. The van der Waals surface area contributed by atoms with E-state index in [9.17, 15) is 40.7 Å². The number of halogens is 5. The van der Waals surface area contributed by atoms with E-state index in [0.29, 0.717) is 30.0 Å². The smallest absolute Gasteiger partial charge is 0.416 e. The number of fused-ring (bicyclic) bond motifs is 1. The number of carboxylic acids is 1. The van der Waals surface area contributed by atoms with Gasteiger partial charge in [-0.2, -0.15) is 13.2 Å². The minimum atomic E-state index is -4.79. The number of carboxylic acid groups (broad SMARTS) is 1. The summed E-state index contributed by atoms with van der Waals surface area (Å²) in [6.07, 6.45) is -3.57. The van der Waals surface area contributed by atoms with Crippen LogP contribution in [0.3, 0.4) is 0 Å². The first kappa shape index (κ1) is 34.0. The van der Waals surface area contributed by atoms with Crippen LogP contribution in [0.4, 0.5) is 28.0 Å². The standard InChI is InChI=1S/C32H30ClF4N3O6S/c1-19(29-25(33)6-3-7-26(29)34)14-20-8-9-28-27(15-20)40(47(44,45)24-5-2-4-22(16-24)32(35,36)37)18-23(46-28)17-38-31(43)39-12-10-21(11-13-39)30(41)42/h2-9,14-16,21,23H,10-13,17-18H2,1H3,(H,38,43)(H,41,42)/b19-14+. The summed E-state index contributed by atoms with van der Waals surface area (Å²) >= 11 is 6.21. The summed E-state index contributed by atoms with van der Waals surface area (Å²) in [7, 11) is -4.60. The summed E-state index contributed by atoms with van der Waals surface area (Å²) in [6.45, 7) is 1.55. The van der Waals surface area contributed by atoms with E-state index < -0.39 is 56.5 Å². The first-order chi connectivity index (χ1) is 22.1. The lowest BCUT2D eigenvalue weighted by molar-refractivity contribution is -0.143.